The number of aromatic amines is 1. The summed E-state index contributed by atoms with van der Waals surface area (Å²) >= 11 is 1.32. The molecule has 0 bridgehead atoms. The summed E-state index contributed by atoms with van der Waals surface area (Å²) < 4.78 is 91.4. The first-order chi connectivity index (χ1) is 14.9. The fourth-order valence-electron chi connectivity index (χ4n) is 3.05. The minimum Gasteiger partial charge on any atom is -0.337 e. The molecule has 0 spiro atoms. The third kappa shape index (κ3) is 3.87. The van der Waals surface area contributed by atoms with E-state index in [0.29, 0.717) is 11.0 Å². The zero-order valence-electron chi connectivity index (χ0n) is 15.9. The number of nitrogens with one attached hydrogen (secondary N) is 3. The maximum atomic E-state index is 13.9. The molecule has 4 rings (SSSR count). The molecule has 2 aromatic heterocycles. The predicted molar refractivity (Wildman–Crippen MR) is 102 cm³/mol. The van der Waals surface area contributed by atoms with Crippen molar-refractivity contribution in [2.75, 3.05) is 10.6 Å². The molecule has 1 fully saturated rings. The van der Waals surface area contributed by atoms with Gasteiger partial charge in [0.1, 0.15) is 0 Å². The van der Waals surface area contributed by atoms with Crippen LogP contribution in [0, 0.1) is 0 Å². The van der Waals surface area contributed by atoms with Gasteiger partial charge in [0.2, 0.25) is 0 Å². The summed E-state index contributed by atoms with van der Waals surface area (Å²) in [5, 5.41) is 5.27. The van der Waals surface area contributed by atoms with Crippen LogP contribution in [-0.4, -0.2) is 33.1 Å². The van der Waals surface area contributed by atoms with Crippen LogP contribution in [0.5, 0.6) is 0 Å². The van der Waals surface area contributed by atoms with Crippen LogP contribution in [0.4, 0.5) is 46.3 Å². The maximum absolute atomic E-state index is 13.9. The summed E-state index contributed by atoms with van der Waals surface area (Å²) in [5.41, 5.74) is -0.488. The largest absolute Gasteiger partial charge is 0.460 e. The Kier molecular flexibility index (Phi) is 5.30. The van der Waals surface area contributed by atoms with E-state index in [1.807, 2.05) is 0 Å². The highest BCUT2D eigenvalue weighted by atomic mass is 32.1. The number of carbonyl (C=O) groups is 1. The summed E-state index contributed by atoms with van der Waals surface area (Å²) in [7, 11) is 0. The molecule has 1 aliphatic rings. The molecule has 1 aliphatic carbocycles. The third-order valence-corrected chi connectivity index (χ3v) is 6.11. The number of imidazole rings is 1. The fraction of sp³-hybridized carbons (Fsp3) is 0.389. The number of aromatic nitrogens is 3. The van der Waals surface area contributed by atoms with Crippen LogP contribution < -0.4 is 10.6 Å². The van der Waals surface area contributed by atoms with Gasteiger partial charge >= 0.3 is 24.1 Å². The molecule has 172 valence electrons. The van der Waals surface area contributed by atoms with Gasteiger partial charge in [-0.25, -0.2) is 14.8 Å². The Hall–Kier alpha value is -2.90. The number of amides is 2. The van der Waals surface area contributed by atoms with Crippen molar-refractivity contribution in [3.63, 3.8) is 0 Å². The molecule has 0 atom stereocenters. The lowest BCUT2D eigenvalue weighted by atomic mass is 9.85. The quantitative estimate of drug-likeness (QED) is 0.379. The number of fused-ring (bicyclic) bond motifs is 1. The van der Waals surface area contributed by atoms with E-state index >= 15 is 0 Å². The van der Waals surface area contributed by atoms with Gasteiger partial charge in [0.05, 0.1) is 11.0 Å². The Labute approximate surface area is 179 Å². The fourth-order valence-corrected chi connectivity index (χ4v) is 4.03. The second-order valence-electron chi connectivity index (χ2n) is 7.24. The highest BCUT2D eigenvalue weighted by Crippen LogP contribution is 2.51. The Bertz CT molecular complexity index is 1150. The number of benzene rings is 1. The maximum Gasteiger partial charge on any atom is 0.460 e. The number of thiazole rings is 1. The third-order valence-electron chi connectivity index (χ3n) is 5.04. The van der Waals surface area contributed by atoms with Gasteiger partial charge in [0.25, 0.3) is 0 Å². The van der Waals surface area contributed by atoms with Gasteiger partial charge in [-0.1, -0.05) is 6.42 Å². The van der Waals surface area contributed by atoms with Crippen molar-refractivity contribution in [2.45, 2.75) is 43.2 Å². The van der Waals surface area contributed by atoms with Crippen molar-refractivity contribution >= 4 is 39.2 Å². The lowest BCUT2D eigenvalue weighted by molar-refractivity contribution is -0.361. The van der Waals surface area contributed by atoms with Gasteiger partial charge < -0.3 is 10.3 Å². The predicted octanol–water partition coefficient (Wildman–Crippen LogP) is 6.22. The molecule has 0 aliphatic heterocycles. The van der Waals surface area contributed by atoms with Crippen molar-refractivity contribution in [2.24, 2.45) is 0 Å². The second-order valence-corrected chi connectivity index (χ2v) is 8.30. The number of H-pyrrole nitrogens is 1. The number of nitrogens with zero attached hydrogens (tertiary/aromatic N) is 2. The number of carbonyl (C=O) groups excluding carboxylic acids is 1. The standard InChI is InChI=1S/C18H14F7N5OS/c19-16(20,17(21,22)18(23,24)25)13-28-10-5-4-9(6-11(10)29-13)27-14(31)30-15-26-7-12(32-15)8-2-1-3-8/h4-8H,1-3H2,(H,28,29)(H2,26,27,30,31). The van der Waals surface area contributed by atoms with Crippen molar-refractivity contribution in [3.05, 3.63) is 35.1 Å². The molecule has 2 amide bonds. The summed E-state index contributed by atoms with van der Waals surface area (Å²) in [6.07, 6.45) is -1.53. The van der Waals surface area contributed by atoms with Gasteiger partial charge in [0, 0.05) is 16.8 Å². The molecule has 0 saturated heterocycles. The molecular formula is C18H14F7N5OS. The molecule has 14 heteroatoms. The molecule has 0 unspecified atom stereocenters. The van der Waals surface area contributed by atoms with Gasteiger partial charge in [-0.2, -0.15) is 30.7 Å². The number of halogens is 7. The zero-order valence-corrected chi connectivity index (χ0v) is 16.7. The lowest BCUT2D eigenvalue weighted by Gasteiger charge is -2.26. The summed E-state index contributed by atoms with van der Waals surface area (Å²) in [6.45, 7) is 0. The molecule has 3 aromatic rings. The Balaban J connectivity index is 1.49. The molecule has 1 saturated carbocycles. The first-order valence-electron chi connectivity index (χ1n) is 9.25. The van der Waals surface area contributed by atoms with Crippen molar-refractivity contribution in [1.29, 1.82) is 0 Å². The van der Waals surface area contributed by atoms with Gasteiger partial charge in [-0.3, -0.25) is 5.32 Å². The average molecular weight is 481 g/mol. The van der Waals surface area contributed by atoms with Crippen LogP contribution in [0.3, 0.4) is 0 Å². The topological polar surface area (TPSA) is 82.7 Å². The first-order valence-corrected chi connectivity index (χ1v) is 10.1. The number of rotatable bonds is 5. The molecular weight excluding hydrogens is 467 g/mol. The minimum absolute atomic E-state index is 0.0619. The minimum atomic E-state index is -6.48. The van der Waals surface area contributed by atoms with Crippen LogP contribution in [0.1, 0.15) is 35.9 Å². The van der Waals surface area contributed by atoms with Crippen molar-refractivity contribution < 1.29 is 35.5 Å². The van der Waals surface area contributed by atoms with Gasteiger partial charge in [0.15, 0.2) is 11.0 Å². The van der Waals surface area contributed by atoms with E-state index in [1.165, 1.54) is 17.4 Å². The normalized spacial score (nSPS) is 15.6. The highest BCUT2D eigenvalue weighted by Gasteiger charge is 2.74. The number of hydrogen-bond donors (Lipinski definition) is 3. The van der Waals surface area contributed by atoms with E-state index in [1.54, 1.807) is 11.2 Å². The van der Waals surface area contributed by atoms with Crippen LogP contribution in [0.15, 0.2) is 24.4 Å². The van der Waals surface area contributed by atoms with Crippen LogP contribution in [-0.2, 0) is 5.92 Å². The molecule has 6 nitrogen and oxygen atoms in total. The Morgan fingerprint density at radius 1 is 1.09 bits per heavy atom. The first kappa shape index (κ1) is 22.3. The number of alkyl halides is 7. The molecule has 1 aromatic carbocycles. The average Bonchev–Trinajstić information content (AvgIpc) is 3.26. The molecule has 3 N–H and O–H groups in total. The van der Waals surface area contributed by atoms with E-state index in [0.717, 1.165) is 36.3 Å². The van der Waals surface area contributed by atoms with Crippen LogP contribution in [0.2, 0.25) is 0 Å². The number of urea groups is 1. The van der Waals surface area contributed by atoms with Crippen LogP contribution in [0.25, 0.3) is 11.0 Å². The van der Waals surface area contributed by atoms with E-state index in [9.17, 15) is 35.5 Å². The monoisotopic (exact) mass is 481 g/mol. The van der Waals surface area contributed by atoms with E-state index in [2.05, 4.69) is 20.6 Å². The van der Waals surface area contributed by atoms with Gasteiger partial charge in [-0.15, -0.1) is 11.3 Å². The summed E-state index contributed by atoms with van der Waals surface area (Å²) in [4.78, 5) is 22.3. The number of hydrogen-bond acceptors (Lipinski definition) is 4. The zero-order chi connectivity index (χ0) is 23.3. The highest BCUT2D eigenvalue weighted by molar-refractivity contribution is 7.15. The summed E-state index contributed by atoms with van der Waals surface area (Å²) in [5.74, 6) is -13.4. The van der Waals surface area contributed by atoms with Crippen LogP contribution >= 0.6 is 11.3 Å². The molecule has 0 radical (unpaired) electrons. The van der Waals surface area contributed by atoms with Crippen molar-refractivity contribution in [1.82, 2.24) is 15.0 Å². The van der Waals surface area contributed by atoms with E-state index < -0.39 is 29.9 Å². The van der Waals surface area contributed by atoms with E-state index in [4.69, 9.17) is 0 Å². The Morgan fingerprint density at radius 3 is 2.44 bits per heavy atom. The smallest absolute Gasteiger partial charge is 0.337 e. The van der Waals surface area contributed by atoms with Crippen molar-refractivity contribution in [3.8, 4) is 0 Å². The van der Waals surface area contributed by atoms with E-state index in [-0.39, 0.29) is 16.7 Å². The van der Waals surface area contributed by atoms with Gasteiger partial charge in [-0.05, 0) is 37.0 Å². The molecule has 32 heavy (non-hydrogen) atoms. The SMILES string of the molecule is O=C(Nc1ccc2nc(C(F)(F)C(F)(F)C(F)(F)F)[nH]c2c1)Nc1ncc(C2CCC2)s1. The second kappa shape index (κ2) is 7.60. The number of anilines is 2. The summed E-state index contributed by atoms with van der Waals surface area (Å²) in [6, 6.07) is 2.70. The lowest BCUT2D eigenvalue weighted by Crippen LogP contribution is -2.50. The Morgan fingerprint density at radius 2 is 1.81 bits per heavy atom. The molecule has 2 heterocycles.